The highest BCUT2D eigenvalue weighted by Gasteiger charge is 2.36. The van der Waals surface area contributed by atoms with E-state index in [2.05, 4.69) is 10.6 Å². The molecule has 0 aromatic rings. The van der Waals surface area contributed by atoms with E-state index in [1.807, 2.05) is 0 Å². The Labute approximate surface area is 180 Å². The highest BCUT2D eigenvalue weighted by Crippen LogP contribution is 2.20. The molecule has 1 aliphatic rings. The van der Waals surface area contributed by atoms with E-state index in [0.29, 0.717) is 0 Å². The second kappa shape index (κ2) is 12.4. The summed E-state index contributed by atoms with van der Waals surface area (Å²) in [6.45, 7) is -0.695. The summed E-state index contributed by atoms with van der Waals surface area (Å²) in [4.78, 5) is 57.6. The molecular formula is C17H25N3O10S. The van der Waals surface area contributed by atoms with Gasteiger partial charge in [0.15, 0.2) is 5.78 Å². The lowest BCUT2D eigenvalue weighted by molar-refractivity contribution is -0.139. The SMILES string of the molecule is NC(CCC(=O)NC(CSCC1=C[C@@H](O)[C@@H](O)[C@@H](O)C1=O)C(=O)NCC(=O)O)C(=O)O. The summed E-state index contributed by atoms with van der Waals surface area (Å²) in [5.41, 5.74) is 5.33. The van der Waals surface area contributed by atoms with Gasteiger partial charge in [-0.15, -0.1) is 0 Å². The van der Waals surface area contributed by atoms with Crippen molar-refractivity contribution >= 4 is 41.3 Å². The number of carboxylic acids is 2. The molecule has 31 heavy (non-hydrogen) atoms. The highest BCUT2D eigenvalue weighted by atomic mass is 32.2. The topological polar surface area (TPSA) is 237 Å². The fraction of sp³-hybridized carbons (Fsp3) is 0.588. The third-order valence-electron chi connectivity index (χ3n) is 4.24. The number of amides is 2. The van der Waals surface area contributed by atoms with Gasteiger partial charge in [-0.3, -0.25) is 24.0 Å². The van der Waals surface area contributed by atoms with Gasteiger partial charge in [-0.2, -0.15) is 11.8 Å². The predicted molar refractivity (Wildman–Crippen MR) is 106 cm³/mol. The molecule has 0 spiro atoms. The van der Waals surface area contributed by atoms with Crippen LogP contribution in [0.15, 0.2) is 11.6 Å². The molecule has 0 radical (unpaired) electrons. The minimum Gasteiger partial charge on any atom is -0.480 e. The fourth-order valence-electron chi connectivity index (χ4n) is 2.47. The number of nitrogens with one attached hydrogen (secondary N) is 2. The number of aliphatic hydroxyl groups excluding tert-OH is 3. The zero-order chi connectivity index (χ0) is 23.7. The molecule has 9 N–H and O–H groups in total. The van der Waals surface area contributed by atoms with Crippen LogP contribution in [0.5, 0.6) is 0 Å². The minimum atomic E-state index is -1.79. The van der Waals surface area contributed by atoms with Crippen LogP contribution in [0.2, 0.25) is 0 Å². The number of ketones is 1. The first kappa shape index (κ1) is 26.5. The van der Waals surface area contributed by atoms with Crippen LogP contribution < -0.4 is 16.4 Å². The van der Waals surface area contributed by atoms with Crippen molar-refractivity contribution in [2.45, 2.75) is 43.2 Å². The number of carboxylic acid groups (broad SMARTS) is 2. The molecule has 0 saturated carbocycles. The molecule has 0 saturated heterocycles. The van der Waals surface area contributed by atoms with E-state index in [4.69, 9.17) is 15.9 Å². The van der Waals surface area contributed by atoms with Crippen LogP contribution in [0.1, 0.15) is 12.8 Å². The first-order valence-electron chi connectivity index (χ1n) is 9.08. The molecule has 174 valence electrons. The molecule has 5 atom stereocenters. The number of rotatable bonds is 12. The Morgan fingerprint density at radius 2 is 1.81 bits per heavy atom. The number of Topliss-reactive ketones (excluding diaryl/α,β-unsaturated/α-hetero) is 1. The van der Waals surface area contributed by atoms with E-state index in [1.54, 1.807) is 0 Å². The van der Waals surface area contributed by atoms with Crippen molar-refractivity contribution in [2.75, 3.05) is 18.1 Å². The number of aliphatic hydroxyl groups is 3. The van der Waals surface area contributed by atoms with E-state index in [0.717, 1.165) is 17.8 Å². The van der Waals surface area contributed by atoms with Crippen molar-refractivity contribution in [1.29, 1.82) is 0 Å². The third kappa shape index (κ3) is 8.63. The number of hydrogen-bond donors (Lipinski definition) is 8. The number of aliphatic carboxylic acids is 2. The second-order valence-corrected chi connectivity index (χ2v) is 7.74. The molecule has 0 aromatic carbocycles. The number of hydrogen-bond acceptors (Lipinski definition) is 10. The quantitative estimate of drug-likeness (QED) is 0.139. The van der Waals surface area contributed by atoms with Crippen LogP contribution in [-0.4, -0.2) is 104 Å². The highest BCUT2D eigenvalue weighted by molar-refractivity contribution is 7.99. The van der Waals surface area contributed by atoms with E-state index in [1.165, 1.54) is 0 Å². The van der Waals surface area contributed by atoms with Crippen molar-refractivity contribution in [3.8, 4) is 0 Å². The van der Waals surface area contributed by atoms with Gasteiger partial charge in [0.1, 0.15) is 36.9 Å². The molecule has 1 aliphatic carbocycles. The van der Waals surface area contributed by atoms with Gasteiger partial charge in [-0.05, 0) is 12.5 Å². The van der Waals surface area contributed by atoms with Crippen molar-refractivity contribution < 1.29 is 49.5 Å². The molecule has 13 nitrogen and oxygen atoms in total. The molecule has 0 bridgehead atoms. The molecule has 0 heterocycles. The monoisotopic (exact) mass is 463 g/mol. The molecular weight excluding hydrogens is 438 g/mol. The summed E-state index contributed by atoms with van der Waals surface area (Å²) in [5.74, 6) is -5.07. The van der Waals surface area contributed by atoms with Gasteiger partial charge in [-0.1, -0.05) is 0 Å². The van der Waals surface area contributed by atoms with Crippen LogP contribution in [0.25, 0.3) is 0 Å². The molecule has 2 unspecified atom stereocenters. The van der Waals surface area contributed by atoms with Gasteiger partial charge in [-0.25, -0.2) is 0 Å². The average Bonchev–Trinajstić information content (AvgIpc) is 2.71. The summed E-state index contributed by atoms with van der Waals surface area (Å²) in [6.07, 6.45) is -4.28. The number of thioether (sulfide) groups is 1. The van der Waals surface area contributed by atoms with E-state index in [9.17, 15) is 39.3 Å². The lowest BCUT2D eigenvalue weighted by Crippen LogP contribution is -2.49. The maximum Gasteiger partial charge on any atom is 0.322 e. The van der Waals surface area contributed by atoms with Gasteiger partial charge in [0.2, 0.25) is 11.8 Å². The molecule has 2 amide bonds. The predicted octanol–water partition coefficient (Wildman–Crippen LogP) is -3.81. The molecule has 14 heteroatoms. The van der Waals surface area contributed by atoms with Gasteiger partial charge in [0.25, 0.3) is 0 Å². The van der Waals surface area contributed by atoms with Gasteiger partial charge in [0, 0.05) is 23.5 Å². The maximum atomic E-state index is 12.2. The van der Waals surface area contributed by atoms with Crippen molar-refractivity contribution in [2.24, 2.45) is 5.73 Å². The number of carbonyl (C=O) groups is 5. The average molecular weight is 463 g/mol. The van der Waals surface area contributed by atoms with Gasteiger partial charge in [0.05, 0.1) is 0 Å². The van der Waals surface area contributed by atoms with E-state index < -0.39 is 66.5 Å². The second-order valence-electron chi connectivity index (χ2n) is 6.71. The normalized spacial score (nSPS) is 22.8. The van der Waals surface area contributed by atoms with Gasteiger partial charge >= 0.3 is 11.9 Å². The van der Waals surface area contributed by atoms with Crippen LogP contribution in [0, 0.1) is 0 Å². The van der Waals surface area contributed by atoms with E-state index in [-0.39, 0.29) is 29.9 Å². The molecule has 0 fully saturated rings. The van der Waals surface area contributed by atoms with Crippen LogP contribution in [0.3, 0.4) is 0 Å². The van der Waals surface area contributed by atoms with E-state index >= 15 is 0 Å². The Morgan fingerprint density at radius 3 is 2.39 bits per heavy atom. The summed E-state index contributed by atoms with van der Waals surface area (Å²) in [5, 5.41) is 50.6. The Balaban J connectivity index is 2.71. The van der Waals surface area contributed by atoms with Crippen molar-refractivity contribution in [1.82, 2.24) is 10.6 Å². The largest absolute Gasteiger partial charge is 0.480 e. The fourth-order valence-corrected chi connectivity index (χ4v) is 3.52. The van der Waals surface area contributed by atoms with Crippen molar-refractivity contribution in [3.63, 3.8) is 0 Å². The smallest absolute Gasteiger partial charge is 0.322 e. The summed E-state index contributed by atoms with van der Waals surface area (Å²) in [7, 11) is 0. The summed E-state index contributed by atoms with van der Waals surface area (Å²) >= 11 is 0.976. The Bertz CT molecular complexity index is 744. The minimum absolute atomic E-state index is 0.0127. The zero-order valence-corrected chi connectivity index (χ0v) is 17.1. The van der Waals surface area contributed by atoms with Crippen LogP contribution in [0.4, 0.5) is 0 Å². The maximum absolute atomic E-state index is 12.2. The lowest BCUT2D eigenvalue weighted by atomic mass is 9.92. The molecule has 0 aromatic heterocycles. The summed E-state index contributed by atoms with van der Waals surface area (Å²) in [6, 6.07) is -2.48. The molecule has 1 rings (SSSR count). The number of nitrogens with two attached hydrogens (primary N) is 1. The summed E-state index contributed by atoms with van der Waals surface area (Å²) < 4.78 is 0. The van der Waals surface area contributed by atoms with Gasteiger partial charge < -0.3 is 41.9 Å². The molecule has 0 aliphatic heterocycles. The Morgan fingerprint density at radius 1 is 1.16 bits per heavy atom. The Hall–Kier alpha value is -2.52. The van der Waals surface area contributed by atoms with Crippen molar-refractivity contribution in [3.05, 3.63) is 11.6 Å². The lowest BCUT2D eigenvalue weighted by Gasteiger charge is -2.26. The first-order valence-corrected chi connectivity index (χ1v) is 10.2. The van der Waals surface area contributed by atoms with Crippen LogP contribution >= 0.6 is 11.8 Å². The van der Waals surface area contributed by atoms with Crippen LogP contribution in [-0.2, 0) is 24.0 Å². The number of carbonyl (C=O) groups excluding carboxylic acids is 3. The third-order valence-corrected chi connectivity index (χ3v) is 5.32. The first-order chi connectivity index (χ1) is 14.4. The Kier molecular flexibility index (Phi) is 10.6. The standard InChI is InChI=1S/C17H25N3O10S/c18-8(17(29)30)1-2-11(22)20-9(16(28)19-4-12(23)24)6-31-5-7-3-10(21)14(26)15(27)13(7)25/h3,8-10,14-15,21,26-27H,1-2,4-6,18H2,(H,19,28)(H,20,22)(H,23,24)(H,29,30)/t8?,9?,10-,14-,15+/m1/s1. The zero-order valence-electron chi connectivity index (χ0n) is 16.3.